The molecule has 0 aliphatic heterocycles. The molecule has 0 radical (unpaired) electrons. The van der Waals surface area contributed by atoms with Crippen LogP contribution in [-0.4, -0.2) is 36.8 Å². The molecule has 2 heterocycles. The molecular formula is C20H20ClN5O2. The van der Waals surface area contributed by atoms with E-state index in [4.69, 9.17) is 16.3 Å². The number of Topliss-reactive ketones (excluding diaryl/α,β-unsaturated/α-hetero) is 1. The highest BCUT2D eigenvalue weighted by Gasteiger charge is 2.22. The van der Waals surface area contributed by atoms with E-state index in [0.29, 0.717) is 16.7 Å². The van der Waals surface area contributed by atoms with E-state index in [1.165, 1.54) is 16.7 Å². The van der Waals surface area contributed by atoms with Crippen molar-refractivity contribution in [2.75, 3.05) is 0 Å². The van der Waals surface area contributed by atoms with Crippen LogP contribution in [0.3, 0.4) is 0 Å². The van der Waals surface area contributed by atoms with Crippen LogP contribution in [0.25, 0.3) is 5.95 Å². The zero-order valence-corrected chi connectivity index (χ0v) is 16.5. The summed E-state index contributed by atoms with van der Waals surface area (Å²) in [5, 5.41) is 8.65. The Hall–Kier alpha value is -2.80. The summed E-state index contributed by atoms with van der Waals surface area (Å²) >= 11 is 5.87. The first-order valence-corrected chi connectivity index (χ1v) is 9.64. The van der Waals surface area contributed by atoms with E-state index in [-0.39, 0.29) is 11.5 Å². The molecule has 0 spiro atoms. The standard InChI is InChI=1S/C20H20ClN5O2/c1-12-16-5-3-4-6-17(16)23-20(22-12)26-11-18(24-25-26)19(27)13(2)28-15-9-7-14(21)8-10-15/h7-11,13H,3-6H2,1-2H3. The maximum absolute atomic E-state index is 12.7. The van der Waals surface area contributed by atoms with E-state index in [1.807, 2.05) is 6.92 Å². The molecule has 1 aromatic carbocycles. The minimum absolute atomic E-state index is 0.209. The molecule has 1 atom stereocenters. The minimum atomic E-state index is -0.711. The molecule has 2 aromatic heterocycles. The third kappa shape index (κ3) is 3.75. The van der Waals surface area contributed by atoms with E-state index in [2.05, 4.69) is 20.3 Å². The number of ether oxygens (including phenoxy) is 1. The number of nitrogens with zero attached hydrogens (tertiary/aromatic N) is 5. The van der Waals surface area contributed by atoms with Gasteiger partial charge in [-0.2, -0.15) is 4.68 Å². The van der Waals surface area contributed by atoms with E-state index in [1.54, 1.807) is 37.4 Å². The fourth-order valence-electron chi connectivity index (χ4n) is 3.32. The Morgan fingerprint density at radius 2 is 1.93 bits per heavy atom. The molecule has 3 aromatic rings. The lowest BCUT2D eigenvalue weighted by Crippen LogP contribution is -2.24. The van der Waals surface area contributed by atoms with Crippen LogP contribution in [0.15, 0.2) is 30.5 Å². The number of benzene rings is 1. The molecule has 28 heavy (non-hydrogen) atoms. The molecule has 144 valence electrons. The van der Waals surface area contributed by atoms with Crippen molar-refractivity contribution in [3.8, 4) is 11.7 Å². The fourth-order valence-corrected chi connectivity index (χ4v) is 3.45. The average molecular weight is 398 g/mol. The van der Waals surface area contributed by atoms with Crippen LogP contribution in [0.4, 0.5) is 0 Å². The van der Waals surface area contributed by atoms with Crippen LogP contribution >= 0.6 is 11.6 Å². The monoisotopic (exact) mass is 397 g/mol. The number of aromatic nitrogens is 5. The van der Waals surface area contributed by atoms with Gasteiger partial charge in [-0.15, -0.1) is 5.10 Å². The van der Waals surface area contributed by atoms with Gasteiger partial charge in [0.05, 0.1) is 6.20 Å². The van der Waals surface area contributed by atoms with Crippen LogP contribution in [0.5, 0.6) is 5.75 Å². The van der Waals surface area contributed by atoms with Gasteiger partial charge in [0.1, 0.15) is 5.75 Å². The molecule has 1 aliphatic carbocycles. The molecular weight excluding hydrogens is 378 g/mol. The third-order valence-electron chi connectivity index (χ3n) is 4.82. The smallest absolute Gasteiger partial charge is 0.252 e. The first kappa shape index (κ1) is 18.6. The SMILES string of the molecule is Cc1nc(-n2cc(C(=O)C(C)Oc3ccc(Cl)cc3)nn2)nc2c1CCCC2. The van der Waals surface area contributed by atoms with Gasteiger partial charge in [0.25, 0.3) is 5.95 Å². The molecule has 4 rings (SSSR count). The van der Waals surface area contributed by atoms with E-state index >= 15 is 0 Å². The molecule has 0 bridgehead atoms. The van der Waals surface area contributed by atoms with Gasteiger partial charge in [-0.05, 0) is 69.4 Å². The Bertz CT molecular complexity index is 1020. The quantitative estimate of drug-likeness (QED) is 0.612. The number of ketones is 1. The summed E-state index contributed by atoms with van der Waals surface area (Å²) in [4.78, 5) is 21.8. The van der Waals surface area contributed by atoms with Crippen molar-refractivity contribution in [3.63, 3.8) is 0 Å². The molecule has 8 heteroatoms. The number of hydrogen-bond acceptors (Lipinski definition) is 6. The minimum Gasteiger partial charge on any atom is -0.483 e. The van der Waals surface area contributed by atoms with Gasteiger partial charge in [-0.3, -0.25) is 4.79 Å². The summed E-state index contributed by atoms with van der Waals surface area (Å²) in [5.41, 5.74) is 3.47. The van der Waals surface area contributed by atoms with Gasteiger partial charge in [0.2, 0.25) is 5.78 Å². The maximum atomic E-state index is 12.7. The number of aryl methyl sites for hydroxylation is 2. The average Bonchev–Trinajstić information content (AvgIpc) is 3.19. The highest BCUT2D eigenvalue weighted by Crippen LogP contribution is 2.22. The van der Waals surface area contributed by atoms with E-state index < -0.39 is 6.10 Å². The van der Waals surface area contributed by atoms with Crippen molar-refractivity contribution in [2.24, 2.45) is 0 Å². The van der Waals surface area contributed by atoms with Crippen molar-refractivity contribution in [3.05, 3.63) is 58.1 Å². The van der Waals surface area contributed by atoms with Crippen molar-refractivity contribution in [2.45, 2.75) is 45.6 Å². The Balaban J connectivity index is 1.53. The van der Waals surface area contributed by atoms with Crippen LogP contribution in [0.1, 0.15) is 47.2 Å². The van der Waals surface area contributed by atoms with Crippen LogP contribution in [-0.2, 0) is 12.8 Å². The molecule has 7 nitrogen and oxygen atoms in total. The van der Waals surface area contributed by atoms with Crippen LogP contribution in [0, 0.1) is 6.92 Å². The number of hydrogen-bond donors (Lipinski definition) is 0. The lowest BCUT2D eigenvalue weighted by Gasteiger charge is -2.17. The Labute approximate surface area is 167 Å². The van der Waals surface area contributed by atoms with Crippen LogP contribution in [0.2, 0.25) is 5.02 Å². The topological polar surface area (TPSA) is 82.8 Å². The summed E-state index contributed by atoms with van der Waals surface area (Å²) in [6, 6.07) is 6.85. The second-order valence-electron chi connectivity index (χ2n) is 6.87. The second kappa shape index (κ2) is 7.67. The molecule has 1 unspecified atom stereocenters. The predicted octanol–water partition coefficient (Wildman–Crippen LogP) is 3.55. The van der Waals surface area contributed by atoms with E-state index in [9.17, 15) is 4.79 Å². The van der Waals surface area contributed by atoms with Crippen molar-refractivity contribution >= 4 is 17.4 Å². The predicted molar refractivity (Wildman–Crippen MR) is 104 cm³/mol. The Kier molecular flexibility index (Phi) is 5.09. The number of rotatable bonds is 5. The third-order valence-corrected chi connectivity index (χ3v) is 5.08. The molecule has 1 aliphatic rings. The summed E-state index contributed by atoms with van der Waals surface area (Å²) in [5.74, 6) is 0.734. The normalized spacial score (nSPS) is 14.4. The highest BCUT2D eigenvalue weighted by atomic mass is 35.5. The molecule has 0 saturated carbocycles. The van der Waals surface area contributed by atoms with Crippen LogP contribution < -0.4 is 4.74 Å². The van der Waals surface area contributed by atoms with Gasteiger partial charge in [0, 0.05) is 16.4 Å². The number of carbonyl (C=O) groups is 1. The summed E-state index contributed by atoms with van der Waals surface area (Å²) in [7, 11) is 0. The second-order valence-corrected chi connectivity index (χ2v) is 7.30. The number of carbonyl (C=O) groups excluding carboxylic acids is 1. The van der Waals surface area contributed by atoms with Gasteiger partial charge >= 0.3 is 0 Å². The molecule has 0 fully saturated rings. The number of fused-ring (bicyclic) bond motifs is 1. The van der Waals surface area contributed by atoms with Gasteiger partial charge < -0.3 is 4.74 Å². The zero-order valence-electron chi connectivity index (χ0n) is 15.7. The van der Waals surface area contributed by atoms with Gasteiger partial charge in [-0.25, -0.2) is 9.97 Å². The zero-order chi connectivity index (χ0) is 19.7. The van der Waals surface area contributed by atoms with E-state index in [0.717, 1.165) is 30.7 Å². The summed E-state index contributed by atoms with van der Waals surface area (Å²) in [6.07, 6.45) is 5.10. The Morgan fingerprint density at radius 3 is 2.71 bits per heavy atom. The van der Waals surface area contributed by atoms with Crippen molar-refractivity contribution < 1.29 is 9.53 Å². The number of halogens is 1. The van der Waals surface area contributed by atoms with Crippen molar-refractivity contribution in [1.82, 2.24) is 25.0 Å². The first-order chi connectivity index (χ1) is 13.5. The molecule has 0 N–H and O–H groups in total. The highest BCUT2D eigenvalue weighted by molar-refractivity contribution is 6.30. The van der Waals surface area contributed by atoms with Gasteiger partial charge in [0.15, 0.2) is 11.8 Å². The Morgan fingerprint density at radius 1 is 1.18 bits per heavy atom. The summed E-state index contributed by atoms with van der Waals surface area (Å²) < 4.78 is 7.13. The van der Waals surface area contributed by atoms with Crippen molar-refractivity contribution in [1.29, 1.82) is 0 Å². The lowest BCUT2D eigenvalue weighted by atomic mass is 9.95. The summed E-state index contributed by atoms with van der Waals surface area (Å²) in [6.45, 7) is 3.66. The molecule has 0 amide bonds. The molecule has 0 saturated heterocycles. The lowest BCUT2D eigenvalue weighted by molar-refractivity contribution is 0.0812. The first-order valence-electron chi connectivity index (χ1n) is 9.27. The maximum Gasteiger partial charge on any atom is 0.252 e. The fraction of sp³-hybridized carbons (Fsp3) is 0.350. The van der Waals surface area contributed by atoms with Gasteiger partial charge in [-0.1, -0.05) is 16.8 Å². The largest absolute Gasteiger partial charge is 0.483 e.